The summed E-state index contributed by atoms with van der Waals surface area (Å²) in [6, 6.07) is 23.7. The first-order chi connectivity index (χ1) is 19.9. The van der Waals surface area contributed by atoms with Gasteiger partial charge in [0.05, 0.1) is 0 Å². The van der Waals surface area contributed by atoms with Gasteiger partial charge in [0, 0.05) is 66.7 Å². The van der Waals surface area contributed by atoms with Crippen LogP contribution in [0.15, 0.2) is 101 Å². The number of fused-ring (bicyclic) bond motifs is 2. The molecule has 0 saturated carbocycles. The van der Waals surface area contributed by atoms with Gasteiger partial charge in [-0.25, -0.2) is 0 Å². The van der Waals surface area contributed by atoms with E-state index in [-0.39, 0.29) is 21.1 Å². The van der Waals surface area contributed by atoms with E-state index in [1.165, 1.54) is 24.3 Å². The highest BCUT2D eigenvalue weighted by Crippen LogP contribution is 2.37. The standard InChI is InChI=1S/C31H28N2O7S2/c1-32(2)26-13-5-11-24-22(26)9-7-15-30(24)41(35,36)39-28-18-17-21(20-34)19-29(28)40-42(37,38)31-16-8-10-23-25(31)12-6-14-27(23)33(3)4/h5-20H,1-4H3. The molecule has 216 valence electrons. The second-order valence-electron chi connectivity index (χ2n) is 9.94. The number of aldehydes is 1. The topological polar surface area (TPSA) is 110 Å². The maximum Gasteiger partial charge on any atom is 0.339 e. The zero-order chi connectivity index (χ0) is 30.2. The summed E-state index contributed by atoms with van der Waals surface area (Å²) < 4.78 is 65.4. The van der Waals surface area contributed by atoms with E-state index in [1.807, 2.05) is 50.1 Å². The lowest BCUT2D eigenvalue weighted by molar-refractivity contribution is 0.112. The van der Waals surface area contributed by atoms with Gasteiger partial charge in [0.25, 0.3) is 0 Å². The second kappa shape index (κ2) is 11.0. The van der Waals surface area contributed by atoms with Gasteiger partial charge in [-0.3, -0.25) is 4.79 Å². The highest BCUT2D eigenvalue weighted by Gasteiger charge is 2.27. The van der Waals surface area contributed by atoms with Crippen LogP contribution in [-0.4, -0.2) is 51.3 Å². The number of benzene rings is 5. The molecule has 0 aromatic heterocycles. The molecule has 42 heavy (non-hydrogen) atoms. The molecule has 0 atom stereocenters. The van der Waals surface area contributed by atoms with Gasteiger partial charge in [0.1, 0.15) is 16.1 Å². The highest BCUT2D eigenvalue weighted by atomic mass is 32.2. The quantitative estimate of drug-likeness (QED) is 0.160. The third-order valence-corrected chi connectivity index (χ3v) is 9.31. The summed E-state index contributed by atoms with van der Waals surface area (Å²) in [5.74, 6) is -0.836. The van der Waals surface area contributed by atoms with Crippen molar-refractivity contribution in [2.45, 2.75) is 9.79 Å². The van der Waals surface area contributed by atoms with Crippen molar-refractivity contribution in [3.63, 3.8) is 0 Å². The number of rotatable bonds is 9. The Morgan fingerprint density at radius 2 is 0.976 bits per heavy atom. The molecule has 0 aliphatic heterocycles. The summed E-state index contributed by atoms with van der Waals surface area (Å²) in [6.45, 7) is 0. The highest BCUT2D eigenvalue weighted by molar-refractivity contribution is 7.87. The van der Waals surface area contributed by atoms with Gasteiger partial charge in [0.2, 0.25) is 0 Å². The summed E-state index contributed by atoms with van der Waals surface area (Å²) >= 11 is 0. The average molecular weight is 605 g/mol. The van der Waals surface area contributed by atoms with E-state index in [2.05, 4.69) is 0 Å². The van der Waals surface area contributed by atoms with Gasteiger partial charge in [-0.1, -0.05) is 48.5 Å². The van der Waals surface area contributed by atoms with Crippen molar-refractivity contribution in [3.8, 4) is 11.5 Å². The zero-order valence-electron chi connectivity index (χ0n) is 23.3. The molecule has 0 amide bonds. The number of carbonyl (C=O) groups excluding carboxylic acids is 1. The lowest BCUT2D eigenvalue weighted by Gasteiger charge is -2.18. The van der Waals surface area contributed by atoms with E-state index in [0.29, 0.717) is 27.8 Å². The summed E-state index contributed by atoms with van der Waals surface area (Å²) in [4.78, 5) is 15.0. The van der Waals surface area contributed by atoms with Crippen molar-refractivity contribution < 1.29 is 30.0 Å². The van der Waals surface area contributed by atoms with Crippen molar-refractivity contribution >= 4 is 59.4 Å². The number of hydrogen-bond acceptors (Lipinski definition) is 9. The van der Waals surface area contributed by atoms with Crippen LogP contribution in [0.25, 0.3) is 21.5 Å². The number of nitrogens with zero attached hydrogens (tertiary/aromatic N) is 2. The summed E-state index contributed by atoms with van der Waals surface area (Å²) in [6.07, 6.45) is 0.493. The summed E-state index contributed by atoms with van der Waals surface area (Å²) in [5, 5.41) is 2.21. The van der Waals surface area contributed by atoms with Gasteiger partial charge < -0.3 is 18.2 Å². The van der Waals surface area contributed by atoms with Crippen LogP contribution in [0.1, 0.15) is 10.4 Å². The zero-order valence-corrected chi connectivity index (χ0v) is 24.9. The van der Waals surface area contributed by atoms with Crippen molar-refractivity contribution in [1.82, 2.24) is 0 Å². The lowest BCUT2D eigenvalue weighted by Crippen LogP contribution is -2.15. The number of hydrogen-bond donors (Lipinski definition) is 0. The number of anilines is 2. The van der Waals surface area contributed by atoms with Gasteiger partial charge in [-0.05, 0) is 42.5 Å². The molecule has 9 nitrogen and oxygen atoms in total. The fraction of sp³-hybridized carbons (Fsp3) is 0.129. The van der Waals surface area contributed by atoms with E-state index in [4.69, 9.17) is 8.37 Å². The maximum atomic E-state index is 13.6. The van der Waals surface area contributed by atoms with Crippen LogP contribution < -0.4 is 18.2 Å². The van der Waals surface area contributed by atoms with Crippen molar-refractivity contribution in [2.75, 3.05) is 38.0 Å². The predicted octanol–water partition coefficient (Wildman–Crippen LogP) is 5.47. The molecular weight excluding hydrogens is 576 g/mol. The first kappa shape index (κ1) is 28.9. The Kier molecular flexibility index (Phi) is 7.56. The van der Waals surface area contributed by atoms with Crippen molar-refractivity contribution in [3.05, 3.63) is 96.6 Å². The van der Waals surface area contributed by atoms with Gasteiger partial charge in [-0.15, -0.1) is 0 Å². The molecule has 0 saturated heterocycles. The SMILES string of the molecule is CN(C)c1cccc2c(S(=O)(=O)Oc3ccc(C=O)cc3OS(=O)(=O)c3cccc4c(N(C)C)cccc34)cccc12. The smallest absolute Gasteiger partial charge is 0.339 e. The first-order valence-electron chi connectivity index (χ1n) is 12.8. The molecule has 11 heteroatoms. The third-order valence-electron chi connectivity index (χ3n) is 6.72. The predicted molar refractivity (Wildman–Crippen MR) is 164 cm³/mol. The van der Waals surface area contributed by atoms with Crippen molar-refractivity contribution in [2.24, 2.45) is 0 Å². The van der Waals surface area contributed by atoms with Crippen molar-refractivity contribution in [1.29, 1.82) is 0 Å². The minimum Gasteiger partial charge on any atom is -0.377 e. The van der Waals surface area contributed by atoms with Crippen LogP contribution in [0.5, 0.6) is 11.5 Å². The van der Waals surface area contributed by atoms with E-state index in [1.54, 1.807) is 48.5 Å². The fourth-order valence-electron chi connectivity index (χ4n) is 4.80. The maximum absolute atomic E-state index is 13.6. The number of carbonyl (C=O) groups is 1. The van der Waals surface area contributed by atoms with Gasteiger partial charge >= 0.3 is 20.2 Å². The monoisotopic (exact) mass is 604 g/mol. The minimum absolute atomic E-state index is 0.0681. The van der Waals surface area contributed by atoms with Crippen LogP contribution in [0.4, 0.5) is 11.4 Å². The lowest BCUT2D eigenvalue weighted by atomic mass is 10.1. The molecule has 0 bridgehead atoms. The van der Waals surface area contributed by atoms with Gasteiger partial charge in [0.15, 0.2) is 11.5 Å². The van der Waals surface area contributed by atoms with Crippen LogP contribution in [-0.2, 0) is 20.2 Å². The Balaban J connectivity index is 1.59. The van der Waals surface area contributed by atoms with Crippen LogP contribution in [0.2, 0.25) is 0 Å². The summed E-state index contributed by atoms with van der Waals surface area (Å²) in [7, 11) is -1.61. The largest absolute Gasteiger partial charge is 0.377 e. The average Bonchev–Trinajstić information content (AvgIpc) is 2.96. The van der Waals surface area contributed by atoms with Crippen LogP contribution >= 0.6 is 0 Å². The fourth-order valence-corrected chi connectivity index (χ4v) is 7.11. The van der Waals surface area contributed by atoms with E-state index in [0.717, 1.165) is 17.4 Å². The van der Waals surface area contributed by atoms with Crippen LogP contribution in [0, 0.1) is 0 Å². The Morgan fingerprint density at radius 3 is 1.43 bits per heavy atom. The normalized spacial score (nSPS) is 11.8. The molecule has 5 rings (SSSR count). The molecule has 0 aliphatic rings. The van der Waals surface area contributed by atoms with Gasteiger partial charge in [-0.2, -0.15) is 16.8 Å². The van der Waals surface area contributed by atoms with E-state index < -0.39 is 26.0 Å². The first-order valence-corrected chi connectivity index (χ1v) is 15.6. The molecule has 0 fully saturated rings. The van der Waals surface area contributed by atoms with E-state index >= 15 is 0 Å². The van der Waals surface area contributed by atoms with E-state index in [9.17, 15) is 21.6 Å². The molecule has 0 radical (unpaired) electrons. The minimum atomic E-state index is -4.51. The molecule has 5 aromatic rings. The molecule has 5 aromatic carbocycles. The second-order valence-corrected chi connectivity index (χ2v) is 13.0. The molecule has 0 heterocycles. The Bertz CT molecular complexity index is 2060. The third kappa shape index (κ3) is 5.36. The van der Waals surface area contributed by atoms with Crippen LogP contribution in [0.3, 0.4) is 0 Å². The molecule has 0 aliphatic carbocycles. The Labute approximate surface area is 244 Å². The molecule has 0 unspecified atom stereocenters. The Hall–Kier alpha value is -4.61. The molecule has 0 spiro atoms. The molecular formula is C31H28N2O7S2. The molecule has 0 N–H and O–H groups in total. The Morgan fingerprint density at radius 1 is 0.548 bits per heavy atom. The summed E-state index contributed by atoms with van der Waals surface area (Å²) in [5.41, 5.74) is 1.68.